The predicted molar refractivity (Wildman–Crippen MR) is 76.3 cm³/mol. The van der Waals surface area contributed by atoms with Crippen LogP contribution in [0.4, 0.5) is 5.69 Å². The first-order chi connectivity index (χ1) is 9.95. The van der Waals surface area contributed by atoms with Crippen LogP contribution in [-0.4, -0.2) is 22.1 Å². The number of carbonyl (C=O) groups excluding carboxylic acids is 1. The van der Waals surface area contributed by atoms with Crippen LogP contribution in [0.15, 0.2) is 34.9 Å². The highest BCUT2D eigenvalue weighted by Crippen LogP contribution is 2.16. The van der Waals surface area contributed by atoms with E-state index in [0.29, 0.717) is 11.3 Å². The van der Waals surface area contributed by atoms with Gasteiger partial charge in [-0.05, 0) is 23.6 Å². The summed E-state index contributed by atoms with van der Waals surface area (Å²) in [7, 11) is 0. The molecule has 1 amide bonds. The van der Waals surface area contributed by atoms with Crippen LogP contribution in [-0.2, 0) is 11.2 Å². The molecular formula is C15H16N2O4. The molecule has 0 saturated carbocycles. The van der Waals surface area contributed by atoms with Gasteiger partial charge in [0.15, 0.2) is 0 Å². The van der Waals surface area contributed by atoms with Crippen LogP contribution in [0, 0.1) is 0 Å². The molecular weight excluding hydrogens is 272 g/mol. The average Bonchev–Trinajstić information content (AvgIpc) is 2.90. The summed E-state index contributed by atoms with van der Waals surface area (Å²) in [5.41, 5.74) is 1.95. The van der Waals surface area contributed by atoms with Crippen molar-refractivity contribution < 1.29 is 19.2 Å². The number of carbonyl (C=O) groups is 2. The summed E-state index contributed by atoms with van der Waals surface area (Å²) in [4.78, 5) is 22.6. The zero-order valence-electron chi connectivity index (χ0n) is 11.8. The Morgan fingerprint density at radius 2 is 1.95 bits per heavy atom. The summed E-state index contributed by atoms with van der Waals surface area (Å²) in [5, 5.41) is 15.2. The zero-order valence-corrected chi connectivity index (χ0v) is 11.8. The molecule has 6 nitrogen and oxygen atoms in total. The molecule has 2 rings (SSSR count). The molecule has 0 aliphatic rings. The molecule has 0 bridgehead atoms. The molecule has 0 unspecified atom stereocenters. The van der Waals surface area contributed by atoms with Gasteiger partial charge < -0.3 is 14.9 Å². The van der Waals surface area contributed by atoms with Crippen LogP contribution in [0.2, 0.25) is 0 Å². The highest BCUT2D eigenvalue weighted by Gasteiger charge is 2.14. The topological polar surface area (TPSA) is 92.4 Å². The lowest BCUT2D eigenvalue weighted by Crippen LogP contribution is -2.11. The Bertz CT molecular complexity index is 644. The minimum Gasteiger partial charge on any atom is -0.481 e. The zero-order chi connectivity index (χ0) is 15.4. The molecule has 0 saturated heterocycles. The van der Waals surface area contributed by atoms with Crippen molar-refractivity contribution in [2.24, 2.45) is 0 Å². The molecule has 0 atom stereocenters. The number of rotatable bonds is 5. The minimum absolute atomic E-state index is 0.0475. The van der Waals surface area contributed by atoms with Crippen molar-refractivity contribution in [1.82, 2.24) is 5.16 Å². The Kier molecular flexibility index (Phi) is 4.37. The fourth-order valence-electron chi connectivity index (χ4n) is 1.74. The highest BCUT2D eigenvalue weighted by atomic mass is 16.5. The third-order valence-electron chi connectivity index (χ3n) is 2.91. The first kappa shape index (κ1) is 14.8. The highest BCUT2D eigenvalue weighted by molar-refractivity contribution is 6.02. The summed E-state index contributed by atoms with van der Waals surface area (Å²) >= 11 is 0. The second kappa shape index (κ2) is 6.21. The van der Waals surface area contributed by atoms with Gasteiger partial charge in [0.2, 0.25) is 5.76 Å². The number of aliphatic carboxylic acids is 1. The van der Waals surface area contributed by atoms with Crippen molar-refractivity contribution in [3.63, 3.8) is 0 Å². The second-order valence-corrected chi connectivity index (χ2v) is 4.99. The fraction of sp³-hybridized carbons (Fsp3) is 0.267. The summed E-state index contributed by atoms with van der Waals surface area (Å²) in [6.07, 6.45) is -0.0475. The quantitative estimate of drug-likeness (QED) is 0.882. The van der Waals surface area contributed by atoms with E-state index in [0.717, 1.165) is 5.69 Å². The monoisotopic (exact) mass is 288 g/mol. The lowest BCUT2D eigenvalue weighted by Gasteiger charge is -2.03. The van der Waals surface area contributed by atoms with Crippen LogP contribution in [0.3, 0.4) is 0 Å². The van der Waals surface area contributed by atoms with Gasteiger partial charge in [-0.15, -0.1) is 0 Å². The van der Waals surface area contributed by atoms with E-state index >= 15 is 0 Å². The van der Waals surface area contributed by atoms with Crippen molar-refractivity contribution in [2.45, 2.75) is 26.2 Å². The Hall–Kier alpha value is -2.63. The molecule has 21 heavy (non-hydrogen) atoms. The van der Waals surface area contributed by atoms with Crippen LogP contribution in [0.1, 0.15) is 41.6 Å². The van der Waals surface area contributed by atoms with E-state index in [-0.39, 0.29) is 24.0 Å². The third kappa shape index (κ3) is 3.92. The van der Waals surface area contributed by atoms with E-state index in [1.165, 1.54) is 0 Å². The molecule has 0 radical (unpaired) electrons. The molecule has 6 heteroatoms. The van der Waals surface area contributed by atoms with Gasteiger partial charge in [0.05, 0.1) is 12.1 Å². The maximum absolute atomic E-state index is 12.0. The largest absolute Gasteiger partial charge is 0.481 e. The Morgan fingerprint density at radius 1 is 1.29 bits per heavy atom. The summed E-state index contributed by atoms with van der Waals surface area (Å²) in [6, 6.07) is 8.22. The van der Waals surface area contributed by atoms with Gasteiger partial charge in [-0.2, -0.15) is 0 Å². The normalized spacial score (nSPS) is 10.6. The van der Waals surface area contributed by atoms with E-state index in [1.807, 2.05) is 13.8 Å². The first-order valence-electron chi connectivity index (χ1n) is 6.54. The van der Waals surface area contributed by atoms with E-state index in [4.69, 9.17) is 9.63 Å². The molecule has 0 spiro atoms. The molecule has 1 heterocycles. The van der Waals surface area contributed by atoms with E-state index in [9.17, 15) is 9.59 Å². The lowest BCUT2D eigenvalue weighted by molar-refractivity contribution is -0.136. The number of aromatic nitrogens is 1. The van der Waals surface area contributed by atoms with E-state index in [1.54, 1.807) is 30.3 Å². The van der Waals surface area contributed by atoms with E-state index < -0.39 is 5.97 Å². The van der Waals surface area contributed by atoms with Crippen LogP contribution in [0.25, 0.3) is 0 Å². The molecule has 0 aliphatic heterocycles. The van der Waals surface area contributed by atoms with Crippen LogP contribution < -0.4 is 5.32 Å². The maximum Gasteiger partial charge on any atom is 0.307 e. The van der Waals surface area contributed by atoms with Crippen LogP contribution >= 0.6 is 0 Å². The predicted octanol–water partition coefficient (Wildman–Crippen LogP) is 2.68. The van der Waals surface area contributed by atoms with Crippen molar-refractivity contribution in [3.05, 3.63) is 47.3 Å². The van der Waals surface area contributed by atoms with Crippen molar-refractivity contribution in [1.29, 1.82) is 0 Å². The lowest BCUT2D eigenvalue weighted by atomic mass is 10.1. The van der Waals surface area contributed by atoms with Gasteiger partial charge in [-0.25, -0.2) is 0 Å². The third-order valence-corrected chi connectivity index (χ3v) is 2.91. The maximum atomic E-state index is 12.0. The number of carboxylic acid groups (broad SMARTS) is 1. The number of nitrogens with one attached hydrogen (secondary N) is 1. The molecule has 110 valence electrons. The Labute approximate surface area is 121 Å². The van der Waals surface area contributed by atoms with Gasteiger partial charge in [0.25, 0.3) is 5.91 Å². The van der Waals surface area contributed by atoms with Crippen molar-refractivity contribution >= 4 is 17.6 Å². The average molecular weight is 288 g/mol. The summed E-state index contributed by atoms with van der Waals surface area (Å²) in [6.45, 7) is 3.92. The number of carboxylic acids is 1. The van der Waals surface area contributed by atoms with Gasteiger partial charge in [-0.3, -0.25) is 9.59 Å². The molecule has 1 aromatic heterocycles. The number of anilines is 1. The molecule has 1 aromatic carbocycles. The smallest absolute Gasteiger partial charge is 0.307 e. The minimum atomic E-state index is -0.894. The standard InChI is InChI=1S/C15H16N2O4/c1-9(2)12-8-13(21-17-12)15(20)16-11-5-3-10(4-6-11)7-14(18)19/h3-6,8-9H,7H2,1-2H3,(H,16,20)(H,18,19). The van der Waals surface area contributed by atoms with Gasteiger partial charge >= 0.3 is 5.97 Å². The van der Waals surface area contributed by atoms with Crippen molar-refractivity contribution in [2.75, 3.05) is 5.32 Å². The number of nitrogens with zero attached hydrogens (tertiary/aromatic N) is 1. The van der Waals surface area contributed by atoms with Gasteiger partial charge in [0, 0.05) is 11.8 Å². The number of benzene rings is 1. The van der Waals surface area contributed by atoms with Crippen molar-refractivity contribution in [3.8, 4) is 0 Å². The summed E-state index contributed by atoms with van der Waals surface area (Å²) in [5.74, 6) is -0.950. The Balaban J connectivity index is 2.03. The SMILES string of the molecule is CC(C)c1cc(C(=O)Nc2ccc(CC(=O)O)cc2)on1. The first-order valence-corrected chi connectivity index (χ1v) is 6.54. The summed E-state index contributed by atoms with van der Waals surface area (Å²) < 4.78 is 5.00. The number of hydrogen-bond acceptors (Lipinski definition) is 4. The number of amides is 1. The fourth-order valence-corrected chi connectivity index (χ4v) is 1.74. The van der Waals surface area contributed by atoms with Gasteiger partial charge in [0.1, 0.15) is 0 Å². The Morgan fingerprint density at radius 3 is 2.48 bits per heavy atom. The number of hydrogen-bond donors (Lipinski definition) is 2. The van der Waals surface area contributed by atoms with Gasteiger partial charge in [-0.1, -0.05) is 31.1 Å². The second-order valence-electron chi connectivity index (χ2n) is 4.99. The molecule has 0 aliphatic carbocycles. The molecule has 2 aromatic rings. The van der Waals surface area contributed by atoms with E-state index in [2.05, 4.69) is 10.5 Å². The van der Waals surface area contributed by atoms with Crippen LogP contribution in [0.5, 0.6) is 0 Å². The molecule has 0 fully saturated rings. The molecule has 2 N–H and O–H groups in total.